The Morgan fingerprint density at radius 1 is 1.50 bits per heavy atom. The van der Waals surface area contributed by atoms with Crippen molar-refractivity contribution in [1.82, 2.24) is 9.97 Å². The molecule has 0 aromatic carbocycles. The average molecular weight is 251 g/mol. The molecule has 1 aliphatic carbocycles. The highest BCUT2D eigenvalue weighted by molar-refractivity contribution is 5.85. The zero-order valence-corrected chi connectivity index (χ0v) is 10.5. The molecule has 18 heavy (non-hydrogen) atoms. The third kappa shape index (κ3) is 2.76. The van der Waals surface area contributed by atoms with Gasteiger partial charge in [-0.25, -0.2) is 9.78 Å². The lowest BCUT2D eigenvalue weighted by Crippen LogP contribution is -2.38. The van der Waals surface area contributed by atoms with E-state index in [9.17, 15) is 4.79 Å². The standard InChI is InChI=1S/C12H17N3O3/c1-7-3-10(15-11(14-7)12(16)17-2)18-9-4-8(5-9)6-13/h3,8-9H,4-6,13H2,1-2H3. The van der Waals surface area contributed by atoms with Gasteiger partial charge in [0.25, 0.3) is 0 Å². The van der Waals surface area contributed by atoms with Crippen LogP contribution in [0.25, 0.3) is 0 Å². The first-order valence-corrected chi connectivity index (χ1v) is 5.93. The highest BCUT2D eigenvalue weighted by atomic mass is 16.5. The molecule has 1 aromatic heterocycles. The van der Waals surface area contributed by atoms with Crippen LogP contribution in [-0.2, 0) is 4.74 Å². The second-order valence-electron chi connectivity index (χ2n) is 4.48. The maximum absolute atomic E-state index is 11.4. The van der Waals surface area contributed by atoms with Gasteiger partial charge in [-0.15, -0.1) is 0 Å². The number of aromatic nitrogens is 2. The van der Waals surface area contributed by atoms with Gasteiger partial charge in [0.15, 0.2) is 0 Å². The molecule has 0 unspecified atom stereocenters. The molecular weight excluding hydrogens is 234 g/mol. The summed E-state index contributed by atoms with van der Waals surface area (Å²) in [5.74, 6) is 0.431. The molecule has 0 spiro atoms. The monoisotopic (exact) mass is 251 g/mol. The quantitative estimate of drug-likeness (QED) is 0.792. The number of carbonyl (C=O) groups excluding carboxylic acids is 1. The van der Waals surface area contributed by atoms with Gasteiger partial charge < -0.3 is 15.2 Å². The first kappa shape index (κ1) is 12.8. The topological polar surface area (TPSA) is 87.3 Å². The van der Waals surface area contributed by atoms with Crippen LogP contribution in [0.15, 0.2) is 6.07 Å². The number of nitrogens with two attached hydrogens (primary N) is 1. The van der Waals surface area contributed by atoms with Gasteiger partial charge >= 0.3 is 5.97 Å². The molecule has 2 N–H and O–H groups in total. The van der Waals surface area contributed by atoms with Gasteiger partial charge in [-0.3, -0.25) is 0 Å². The van der Waals surface area contributed by atoms with E-state index in [0.717, 1.165) is 12.8 Å². The van der Waals surface area contributed by atoms with Gasteiger partial charge in [-0.2, -0.15) is 4.98 Å². The fraction of sp³-hybridized carbons (Fsp3) is 0.583. The maximum Gasteiger partial charge on any atom is 0.376 e. The Kier molecular flexibility index (Phi) is 3.76. The number of nitrogens with zero attached hydrogens (tertiary/aromatic N) is 2. The molecule has 0 saturated heterocycles. The molecule has 0 amide bonds. The molecule has 0 bridgehead atoms. The van der Waals surface area contributed by atoms with E-state index in [2.05, 4.69) is 14.7 Å². The smallest absolute Gasteiger partial charge is 0.376 e. The van der Waals surface area contributed by atoms with Gasteiger partial charge in [0, 0.05) is 11.8 Å². The van der Waals surface area contributed by atoms with Crippen LogP contribution in [0.1, 0.15) is 29.2 Å². The van der Waals surface area contributed by atoms with Crippen molar-refractivity contribution in [3.63, 3.8) is 0 Å². The largest absolute Gasteiger partial charge is 0.474 e. The van der Waals surface area contributed by atoms with Crippen molar-refractivity contribution >= 4 is 5.97 Å². The first-order valence-electron chi connectivity index (χ1n) is 5.93. The highest BCUT2D eigenvalue weighted by Gasteiger charge is 2.30. The molecule has 2 rings (SSSR count). The minimum atomic E-state index is -0.558. The van der Waals surface area contributed by atoms with Crippen molar-refractivity contribution in [1.29, 1.82) is 0 Å². The van der Waals surface area contributed by atoms with E-state index in [-0.39, 0.29) is 11.9 Å². The van der Waals surface area contributed by atoms with Gasteiger partial charge in [-0.1, -0.05) is 0 Å². The van der Waals surface area contributed by atoms with Gasteiger partial charge in [-0.05, 0) is 32.2 Å². The number of aryl methyl sites for hydroxylation is 1. The Labute approximate surface area is 106 Å². The van der Waals surface area contributed by atoms with E-state index in [1.165, 1.54) is 7.11 Å². The van der Waals surface area contributed by atoms with Crippen LogP contribution < -0.4 is 10.5 Å². The minimum Gasteiger partial charge on any atom is -0.474 e. The van der Waals surface area contributed by atoms with Crippen molar-refractivity contribution in [2.24, 2.45) is 11.7 Å². The zero-order valence-electron chi connectivity index (χ0n) is 10.5. The second-order valence-corrected chi connectivity index (χ2v) is 4.48. The van der Waals surface area contributed by atoms with Crippen molar-refractivity contribution in [3.05, 3.63) is 17.6 Å². The number of hydrogen-bond donors (Lipinski definition) is 1. The Bertz CT molecular complexity index is 444. The lowest BCUT2D eigenvalue weighted by Gasteiger charge is -2.34. The van der Waals surface area contributed by atoms with E-state index >= 15 is 0 Å². The predicted molar refractivity (Wildman–Crippen MR) is 64.3 cm³/mol. The van der Waals surface area contributed by atoms with Crippen molar-refractivity contribution < 1.29 is 14.3 Å². The van der Waals surface area contributed by atoms with Crippen LogP contribution in [0.5, 0.6) is 5.88 Å². The number of rotatable bonds is 4. The lowest BCUT2D eigenvalue weighted by atomic mass is 9.82. The maximum atomic E-state index is 11.4. The predicted octanol–water partition coefficient (Wildman–Crippen LogP) is 0.688. The zero-order chi connectivity index (χ0) is 13.1. The summed E-state index contributed by atoms with van der Waals surface area (Å²) < 4.78 is 10.3. The van der Waals surface area contributed by atoms with Crippen molar-refractivity contribution in [3.8, 4) is 5.88 Å². The van der Waals surface area contributed by atoms with Crippen LogP contribution in [-0.4, -0.2) is 35.7 Å². The van der Waals surface area contributed by atoms with Crippen LogP contribution >= 0.6 is 0 Å². The third-order valence-corrected chi connectivity index (χ3v) is 3.01. The third-order valence-electron chi connectivity index (χ3n) is 3.01. The van der Waals surface area contributed by atoms with Gasteiger partial charge in [0.2, 0.25) is 11.7 Å². The Morgan fingerprint density at radius 2 is 2.22 bits per heavy atom. The summed E-state index contributed by atoms with van der Waals surface area (Å²) in [7, 11) is 1.30. The number of esters is 1. The summed E-state index contributed by atoms with van der Waals surface area (Å²) in [5, 5.41) is 0. The van der Waals surface area contributed by atoms with E-state index in [0.29, 0.717) is 24.0 Å². The van der Waals surface area contributed by atoms with Gasteiger partial charge in [0.1, 0.15) is 6.10 Å². The van der Waals surface area contributed by atoms with Gasteiger partial charge in [0.05, 0.1) is 7.11 Å². The van der Waals surface area contributed by atoms with Crippen LogP contribution in [0, 0.1) is 12.8 Å². The van der Waals surface area contributed by atoms with Crippen LogP contribution in [0.2, 0.25) is 0 Å². The fourth-order valence-electron chi connectivity index (χ4n) is 1.92. The average Bonchev–Trinajstić information content (AvgIpc) is 2.31. The summed E-state index contributed by atoms with van der Waals surface area (Å²) in [6.45, 7) is 2.47. The Morgan fingerprint density at radius 3 is 2.83 bits per heavy atom. The van der Waals surface area contributed by atoms with E-state index in [4.69, 9.17) is 10.5 Å². The molecule has 1 aromatic rings. The normalized spacial score (nSPS) is 22.2. The number of ether oxygens (including phenoxy) is 2. The van der Waals surface area contributed by atoms with E-state index in [1.54, 1.807) is 13.0 Å². The molecule has 1 fully saturated rings. The summed E-state index contributed by atoms with van der Waals surface area (Å²) in [6.07, 6.45) is 2.01. The minimum absolute atomic E-state index is 0.0298. The fourth-order valence-corrected chi connectivity index (χ4v) is 1.92. The molecule has 98 valence electrons. The molecule has 0 atom stereocenters. The number of hydrogen-bond acceptors (Lipinski definition) is 6. The van der Waals surface area contributed by atoms with E-state index < -0.39 is 5.97 Å². The first-order chi connectivity index (χ1) is 8.62. The molecule has 0 radical (unpaired) electrons. The summed E-state index contributed by atoms with van der Waals surface area (Å²) in [5.41, 5.74) is 6.23. The molecule has 1 aliphatic rings. The lowest BCUT2D eigenvalue weighted by molar-refractivity contribution is 0.0558. The SMILES string of the molecule is COC(=O)c1nc(C)cc(OC2CC(CN)C2)n1. The molecule has 6 heteroatoms. The van der Waals surface area contributed by atoms with Crippen molar-refractivity contribution in [2.45, 2.75) is 25.9 Å². The molecule has 0 aliphatic heterocycles. The number of methoxy groups -OCH3 is 1. The number of carbonyl (C=O) groups is 1. The molecule has 1 saturated carbocycles. The second kappa shape index (κ2) is 5.30. The molecule has 1 heterocycles. The molecule has 6 nitrogen and oxygen atoms in total. The highest BCUT2D eigenvalue weighted by Crippen LogP contribution is 2.29. The Balaban J connectivity index is 2.04. The summed E-state index contributed by atoms with van der Waals surface area (Å²) in [4.78, 5) is 19.4. The summed E-state index contributed by atoms with van der Waals surface area (Å²) in [6, 6.07) is 1.71. The molecular formula is C12H17N3O3. The van der Waals surface area contributed by atoms with Crippen LogP contribution in [0.4, 0.5) is 0 Å². The summed E-state index contributed by atoms with van der Waals surface area (Å²) >= 11 is 0. The van der Waals surface area contributed by atoms with E-state index in [1.807, 2.05) is 0 Å². The Hall–Kier alpha value is -1.69. The van der Waals surface area contributed by atoms with Crippen LogP contribution in [0.3, 0.4) is 0 Å². The van der Waals surface area contributed by atoms with Crippen molar-refractivity contribution in [2.75, 3.05) is 13.7 Å².